The zero-order chi connectivity index (χ0) is 13.1. The van der Waals surface area contributed by atoms with Crippen molar-refractivity contribution >= 4 is 11.4 Å². The predicted molar refractivity (Wildman–Crippen MR) is 62.4 cm³/mol. The maximum absolute atomic E-state index is 13.4. The molecule has 0 amide bonds. The summed E-state index contributed by atoms with van der Waals surface area (Å²) in [5, 5.41) is 0. The van der Waals surface area contributed by atoms with Crippen molar-refractivity contribution in [2.24, 2.45) is 4.99 Å². The number of pyridine rings is 1. The van der Waals surface area contributed by atoms with Crippen molar-refractivity contribution in [3.05, 3.63) is 59.7 Å². The molecule has 1 heterocycles. The minimum Gasteiger partial charge on any atom is -0.255 e. The summed E-state index contributed by atoms with van der Waals surface area (Å²) in [5.74, 6) is -3.28. The Morgan fingerprint density at radius 3 is 2.44 bits per heavy atom. The van der Waals surface area contributed by atoms with E-state index >= 15 is 0 Å². The number of halogens is 3. The van der Waals surface area contributed by atoms with Gasteiger partial charge in [0.05, 0.1) is 11.4 Å². The van der Waals surface area contributed by atoms with E-state index in [0.29, 0.717) is 17.5 Å². The maximum atomic E-state index is 13.4. The quantitative estimate of drug-likeness (QED) is 0.590. The van der Waals surface area contributed by atoms with Crippen LogP contribution in [0.3, 0.4) is 0 Å². The molecule has 0 fully saturated rings. The van der Waals surface area contributed by atoms with Crippen LogP contribution < -0.4 is 0 Å². The van der Waals surface area contributed by atoms with Crippen LogP contribution in [0.5, 0.6) is 0 Å². The topological polar surface area (TPSA) is 25.2 Å². The van der Waals surface area contributed by atoms with Gasteiger partial charge in [0.15, 0.2) is 17.5 Å². The first kappa shape index (κ1) is 12.3. The van der Waals surface area contributed by atoms with Gasteiger partial charge in [-0.2, -0.15) is 0 Å². The Bertz CT molecular complexity index is 595. The van der Waals surface area contributed by atoms with E-state index in [2.05, 4.69) is 9.98 Å². The summed E-state index contributed by atoms with van der Waals surface area (Å²) in [6.45, 7) is 1.61. The Morgan fingerprint density at radius 2 is 1.78 bits per heavy atom. The van der Waals surface area contributed by atoms with Gasteiger partial charge in [0, 0.05) is 18.3 Å². The summed E-state index contributed by atoms with van der Waals surface area (Å²) in [5.41, 5.74) is 0.708. The molecule has 0 aliphatic heterocycles. The lowest BCUT2D eigenvalue weighted by Gasteiger charge is -2.02. The smallest absolute Gasteiger partial charge is 0.161 e. The van der Waals surface area contributed by atoms with Gasteiger partial charge >= 0.3 is 0 Å². The molecule has 0 spiro atoms. The molecule has 18 heavy (non-hydrogen) atoms. The van der Waals surface area contributed by atoms with Crippen molar-refractivity contribution in [2.75, 3.05) is 0 Å². The summed E-state index contributed by atoms with van der Waals surface area (Å²) in [4.78, 5) is 7.93. The third-order valence-corrected chi connectivity index (χ3v) is 2.31. The minimum atomic E-state index is -1.23. The summed E-state index contributed by atoms with van der Waals surface area (Å²) < 4.78 is 39.1. The Labute approximate surface area is 102 Å². The second-order valence-electron chi connectivity index (χ2n) is 3.63. The molecular formula is C13H9F3N2. The number of hydrogen-bond acceptors (Lipinski definition) is 2. The minimum absolute atomic E-state index is 0.253. The van der Waals surface area contributed by atoms with E-state index in [9.17, 15) is 13.2 Å². The van der Waals surface area contributed by atoms with Crippen LogP contribution in [0.2, 0.25) is 0 Å². The third-order valence-electron chi connectivity index (χ3n) is 2.31. The average Bonchev–Trinajstić information content (AvgIpc) is 2.37. The van der Waals surface area contributed by atoms with Gasteiger partial charge in [-0.25, -0.2) is 18.2 Å². The van der Waals surface area contributed by atoms with Gasteiger partial charge in [-0.1, -0.05) is 6.07 Å². The molecule has 0 aliphatic rings. The molecule has 0 aliphatic carbocycles. The molecule has 1 aromatic heterocycles. The lowest BCUT2D eigenvalue weighted by Crippen LogP contribution is -1.97. The van der Waals surface area contributed by atoms with E-state index in [4.69, 9.17) is 0 Å². The van der Waals surface area contributed by atoms with Crippen molar-refractivity contribution in [1.82, 2.24) is 4.98 Å². The van der Waals surface area contributed by atoms with E-state index in [1.807, 2.05) is 0 Å². The van der Waals surface area contributed by atoms with Crippen LogP contribution in [0.15, 0.2) is 41.5 Å². The number of hydrogen-bond donors (Lipinski definition) is 0. The van der Waals surface area contributed by atoms with Gasteiger partial charge in [-0.15, -0.1) is 0 Å². The summed E-state index contributed by atoms with van der Waals surface area (Å²) in [7, 11) is 0. The number of aromatic nitrogens is 1. The standard InChI is InChI=1S/C13H9F3N2/c1-8(12-4-2-3-5-17-12)18-13-7-10(15)9(14)6-11(13)16/h2-7H,1H3. The third kappa shape index (κ3) is 2.56. The van der Waals surface area contributed by atoms with E-state index in [0.717, 1.165) is 6.07 Å². The van der Waals surface area contributed by atoms with Crippen molar-refractivity contribution in [3.63, 3.8) is 0 Å². The predicted octanol–water partition coefficient (Wildman–Crippen LogP) is 3.64. The van der Waals surface area contributed by atoms with Crippen molar-refractivity contribution in [3.8, 4) is 0 Å². The van der Waals surface area contributed by atoms with Gasteiger partial charge in [0.25, 0.3) is 0 Å². The Balaban J connectivity index is 2.42. The summed E-state index contributed by atoms with van der Waals surface area (Å²) in [6.07, 6.45) is 1.57. The second kappa shape index (κ2) is 5.00. The number of nitrogens with zero attached hydrogens (tertiary/aromatic N) is 2. The van der Waals surface area contributed by atoms with Crippen molar-refractivity contribution < 1.29 is 13.2 Å². The summed E-state index contributed by atoms with van der Waals surface area (Å²) >= 11 is 0. The zero-order valence-electron chi connectivity index (χ0n) is 9.49. The normalized spacial score (nSPS) is 11.7. The van der Waals surface area contributed by atoms with Gasteiger partial charge in [-0.3, -0.25) is 4.98 Å². The molecule has 0 atom stereocenters. The van der Waals surface area contributed by atoms with Crippen LogP contribution in [-0.2, 0) is 0 Å². The van der Waals surface area contributed by atoms with E-state index in [-0.39, 0.29) is 5.69 Å². The first-order valence-corrected chi connectivity index (χ1v) is 5.19. The second-order valence-corrected chi connectivity index (χ2v) is 3.63. The van der Waals surface area contributed by atoms with Crippen molar-refractivity contribution in [1.29, 1.82) is 0 Å². The van der Waals surface area contributed by atoms with Crippen LogP contribution in [0.4, 0.5) is 18.9 Å². The Kier molecular flexibility index (Phi) is 3.41. The van der Waals surface area contributed by atoms with Gasteiger partial charge in [0.2, 0.25) is 0 Å². The monoisotopic (exact) mass is 250 g/mol. The lowest BCUT2D eigenvalue weighted by molar-refractivity contribution is 0.496. The lowest BCUT2D eigenvalue weighted by atomic mass is 10.2. The van der Waals surface area contributed by atoms with Crippen molar-refractivity contribution in [2.45, 2.75) is 6.92 Å². The summed E-state index contributed by atoms with van der Waals surface area (Å²) in [6, 6.07) is 6.37. The first-order valence-electron chi connectivity index (χ1n) is 5.19. The van der Waals surface area contributed by atoms with E-state index in [1.54, 1.807) is 31.3 Å². The van der Waals surface area contributed by atoms with Crippen LogP contribution >= 0.6 is 0 Å². The zero-order valence-corrected chi connectivity index (χ0v) is 9.49. The highest BCUT2D eigenvalue weighted by molar-refractivity contribution is 5.98. The van der Waals surface area contributed by atoms with Crippen LogP contribution in [0.25, 0.3) is 0 Å². The maximum Gasteiger partial charge on any atom is 0.161 e. The fourth-order valence-electron chi connectivity index (χ4n) is 1.41. The molecule has 0 bridgehead atoms. The first-order chi connectivity index (χ1) is 8.58. The molecular weight excluding hydrogens is 241 g/mol. The van der Waals surface area contributed by atoms with Gasteiger partial charge in [-0.05, 0) is 19.1 Å². The van der Waals surface area contributed by atoms with Crippen LogP contribution in [-0.4, -0.2) is 10.7 Å². The number of rotatable bonds is 2. The molecule has 0 saturated heterocycles. The van der Waals surface area contributed by atoms with Crippen LogP contribution in [0, 0.1) is 17.5 Å². The molecule has 0 radical (unpaired) electrons. The highest BCUT2D eigenvalue weighted by Crippen LogP contribution is 2.22. The highest BCUT2D eigenvalue weighted by Gasteiger charge is 2.09. The van der Waals surface area contributed by atoms with Gasteiger partial charge < -0.3 is 0 Å². The molecule has 0 saturated carbocycles. The van der Waals surface area contributed by atoms with Crippen LogP contribution in [0.1, 0.15) is 12.6 Å². The molecule has 2 rings (SSSR count). The molecule has 2 nitrogen and oxygen atoms in total. The largest absolute Gasteiger partial charge is 0.255 e. The molecule has 5 heteroatoms. The fourth-order valence-corrected chi connectivity index (χ4v) is 1.41. The molecule has 92 valence electrons. The fraction of sp³-hybridized carbons (Fsp3) is 0.0769. The molecule has 0 unspecified atom stereocenters. The highest BCUT2D eigenvalue weighted by atomic mass is 19.2. The van der Waals surface area contributed by atoms with E-state index < -0.39 is 17.5 Å². The average molecular weight is 250 g/mol. The number of benzene rings is 1. The Hall–Kier alpha value is -2.17. The Morgan fingerprint density at radius 1 is 1.06 bits per heavy atom. The molecule has 1 aromatic carbocycles. The van der Waals surface area contributed by atoms with Gasteiger partial charge in [0.1, 0.15) is 5.69 Å². The molecule has 2 aromatic rings. The molecule has 0 N–H and O–H groups in total. The van der Waals surface area contributed by atoms with E-state index in [1.165, 1.54) is 0 Å². The SMILES string of the molecule is CC(=Nc1cc(F)c(F)cc1F)c1ccccn1. The number of aliphatic imine (C=N–C) groups is 1.